The normalized spacial score (nSPS) is 11.0. The number of amides is 2. The number of hydrogen-bond acceptors (Lipinski definition) is 5. The van der Waals surface area contributed by atoms with E-state index in [4.69, 9.17) is 0 Å². The van der Waals surface area contributed by atoms with Gasteiger partial charge < -0.3 is 10.6 Å². The number of rotatable bonds is 6. The number of benzene rings is 2. The van der Waals surface area contributed by atoms with Crippen LogP contribution in [0.15, 0.2) is 70.9 Å². The van der Waals surface area contributed by atoms with Crippen LogP contribution < -0.4 is 10.6 Å². The van der Waals surface area contributed by atoms with Gasteiger partial charge in [0.1, 0.15) is 0 Å². The third-order valence-corrected chi connectivity index (χ3v) is 6.62. The van der Waals surface area contributed by atoms with Gasteiger partial charge in [0, 0.05) is 16.9 Å². The van der Waals surface area contributed by atoms with Crippen molar-refractivity contribution in [2.75, 3.05) is 16.4 Å². The summed E-state index contributed by atoms with van der Waals surface area (Å²) in [6.45, 7) is 1.58. The Kier molecular flexibility index (Phi) is 5.91. The van der Waals surface area contributed by atoms with Gasteiger partial charge in [0.25, 0.3) is 11.8 Å². The fourth-order valence-electron chi connectivity index (χ4n) is 2.42. The van der Waals surface area contributed by atoms with Crippen molar-refractivity contribution >= 4 is 44.4 Å². The first-order chi connectivity index (χ1) is 13.4. The van der Waals surface area contributed by atoms with Crippen LogP contribution in [0.3, 0.4) is 0 Å². The predicted molar refractivity (Wildman–Crippen MR) is 111 cm³/mol. The van der Waals surface area contributed by atoms with Crippen LogP contribution >= 0.6 is 11.3 Å². The molecule has 0 saturated carbocycles. The number of carbonyl (C=O) groups excluding carboxylic acids is 2. The summed E-state index contributed by atoms with van der Waals surface area (Å²) < 4.78 is 23.6. The van der Waals surface area contributed by atoms with Crippen molar-refractivity contribution in [3.8, 4) is 0 Å². The molecule has 8 heteroatoms. The maximum Gasteiger partial charge on any atom is 0.265 e. The standard InChI is InChI=1S/C20H18N2O4S2/c1-2-28(25,26)17-11-9-16(10-12-17)21-19(23)14-5-7-15(8-6-14)22-20(24)18-4-3-13-27-18/h3-13H,2H2,1H3,(H,21,23)(H,22,24). The molecule has 0 saturated heterocycles. The van der Waals surface area contributed by atoms with Crippen LogP contribution in [0.25, 0.3) is 0 Å². The molecule has 3 aromatic rings. The van der Waals surface area contributed by atoms with E-state index >= 15 is 0 Å². The minimum atomic E-state index is -3.27. The summed E-state index contributed by atoms with van der Waals surface area (Å²) in [6.07, 6.45) is 0. The third-order valence-electron chi connectivity index (χ3n) is 4.00. The van der Waals surface area contributed by atoms with Crippen molar-refractivity contribution in [2.24, 2.45) is 0 Å². The zero-order valence-electron chi connectivity index (χ0n) is 15.0. The van der Waals surface area contributed by atoms with E-state index < -0.39 is 9.84 Å². The molecule has 3 rings (SSSR count). The van der Waals surface area contributed by atoms with Crippen molar-refractivity contribution in [1.82, 2.24) is 0 Å². The molecule has 0 aliphatic heterocycles. The Morgan fingerprint density at radius 1 is 0.857 bits per heavy atom. The van der Waals surface area contributed by atoms with Crippen LogP contribution in [-0.2, 0) is 9.84 Å². The van der Waals surface area contributed by atoms with E-state index in [1.54, 1.807) is 55.5 Å². The summed E-state index contributed by atoms with van der Waals surface area (Å²) in [5, 5.41) is 7.31. The molecular formula is C20H18N2O4S2. The van der Waals surface area contributed by atoms with Gasteiger partial charge in [-0.25, -0.2) is 8.42 Å². The lowest BCUT2D eigenvalue weighted by atomic mass is 10.2. The highest BCUT2D eigenvalue weighted by Gasteiger charge is 2.12. The Morgan fingerprint density at radius 3 is 1.96 bits per heavy atom. The zero-order chi connectivity index (χ0) is 20.1. The lowest BCUT2D eigenvalue weighted by molar-refractivity contribution is 0.102. The molecule has 2 N–H and O–H groups in total. The van der Waals surface area contributed by atoms with E-state index in [-0.39, 0.29) is 22.5 Å². The first-order valence-corrected chi connectivity index (χ1v) is 11.0. The van der Waals surface area contributed by atoms with Gasteiger partial charge in [-0.15, -0.1) is 11.3 Å². The monoisotopic (exact) mass is 414 g/mol. The highest BCUT2D eigenvalue weighted by molar-refractivity contribution is 7.91. The van der Waals surface area contributed by atoms with Gasteiger partial charge in [0.15, 0.2) is 9.84 Å². The van der Waals surface area contributed by atoms with Gasteiger partial charge in [-0.1, -0.05) is 13.0 Å². The molecule has 0 radical (unpaired) electrons. The Balaban J connectivity index is 1.64. The van der Waals surface area contributed by atoms with Gasteiger partial charge >= 0.3 is 0 Å². The SMILES string of the molecule is CCS(=O)(=O)c1ccc(NC(=O)c2ccc(NC(=O)c3cccs3)cc2)cc1. The van der Waals surface area contributed by atoms with E-state index in [2.05, 4.69) is 10.6 Å². The lowest BCUT2D eigenvalue weighted by Crippen LogP contribution is -2.13. The zero-order valence-corrected chi connectivity index (χ0v) is 16.6. The van der Waals surface area contributed by atoms with E-state index in [9.17, 15) is 18.0 Å². The van der Waals surface area contributed by atoms with Gasteiger partial charge in [0.05, 0.1) is 15.5 Å². The number of nitrogens with one attached hydrogen (secondary N) is 2. The number of sulfone groups is 1. The number of hydrogen-bond donors (Lipinski definition) is 2. The summed E-state index contributed by atoms with van der Waals surface area (Å²) in [7, 11) is -3.27. The first kappa shape index (κ1) is 19.8. The van der Waals surface area contributed by atoms with E-state index in [1.807, 2.05) is 5.38 Å². The smallest absolute Gasteiger partial charge is 0.265 e. The van der Waals surface area contributed by atoms with Gasteiger partial charge in [-0.05, 0) is 60.0 Å². The average molecular weight is 415 g/mol. The number of thiophene rings is 1. The molecule has 0 spiro atoms. The van der Waals surface area contributed by atoms with Crippen LogP contribution in [0.5, 0.6) is 0 Å². The largest absolute Gasteiger partial charge is 0.322 e. The Morgan fingerprint density at radius 2 is 1.43 bits per heavy atom. The van der Waals surface area contributed by atoms with Crippen LogP contribution in [-0.4, -0.2) is 26.0 Å². The Hall–Kier alpha value is -2.97. The van der Waals surface area contributed by atoms with Crippen molar-refractivity contribution in [3.63, 3.8) is 0 Å². The van der Waals surface area contributed by atoms with E-state index in [0.717, 1.165) is 0 Å². The molecule has 0 bridgehead atoms. The Bertz CT molecular complexity index is 1070. The minimum absolute atomic E-state index is 0.0219. The predicted octanol–water partition coefficient (Wildman–Crippen LogP) is 4.05. The van der Waals surface area contributed by atoms with E-state index in [1.165, 1.54) is 23.5 Å². The van der Waals surface area contributed by atoms with Crippen molar-refractivity contribution in [3.05, 3.63) is 76.5 Å². The molecule has 1 aromatic heterocycles. The number of anilines is 2. The fourth-order valence-corrected chi connectivity index (χ4v) is 3.92. The third kappa shape index (κ3) is 4.65. The maximum atomic E-state index is 12.4. The second kappa shape index (κ2) is 8.37. The molecule has 0 aliphatic carbocycles. The van der Waals surface area contributed by atoms with Crippen molar-refractivity contribution in [1.29, 1.82) is 0 Å². The topological polar surface area (TPSA) is 92.3 Å². The summed E-state index contributed by atoms with van der Waals surface area (Å²) in [6, 6.07) is 16.1. The van der Waals surface area contributed by atoms with Crippen molar-refractivity contribution in [2.45, 2.75) is 11.8 Å². The molecule has 0 unspecified atom stereocenters. The molecule has 2 aromatic carbocycles. The summed E-state index contributed by atoms with van der Waals surface area (Å²) in [5.41, 5.74) is 1.50. The highest BCUT2D eigenvalue weighted by Crippen LogP contribution is 2.18. The Labute approximate surface area is 167 Å². The molecule has 28 heavy (non-hydrogen) atoms. The lowest BCUT2D eigenvalue weighted by Gasteiger charge is -2.08. The summed E-state index contributed by atoms with van der Waals surface area (Å²) >= 11 is 1.35. The summed E-state index contributed by atoms with van der Waals surface area (Å²) in [4.78, 5) is 25.2. The van der Waals surface area contributed by atoms with Gasteiger partial charge in [-0.2, -0.15) is 0 Å². The molecule has 2 amide bonds. The highest BCUT2D eigenvalue weighted by atomic mass is 32.2. The number of carbonyl (C=O) groups is 2. The molecular weight excluding hydrogens is 396 g/mol. The quantitative estimate of drug-likeness (QED) is 0.637. The van der Waals surface area contributed by atoms with Crippen LogP contribution in [0.4, 0.5) is 11.4 Å². The average Bonchev–Trinajstić information content (AvgIpc) is 3.24. The van der Waals surface area contributed by atoms with Crippen LogP contribution in [0, 0.1) is 0 Å². The van der Waals surface area contributed by atoms with Crippen molar-refractivity contribution < 1.29 is 18.0 Å². The molecule has 144 valence electrons. The van der Waals surface area contributed by atoms with E-state index in [0.29, 0.717) is 21.8 Å². The molecule has 0 fully saturated rings. The minimum Gasteiger partial charge on any atom is -0.322 e. The van der Waals surface area contributed by atoms with Crippen LogP contribution in [0.2, 0.25) is 0 Å². The molecule has 0 aliphatic rings. The van der Waals surface area contributed by atoms with Gasteiger partial charge in [0.2, 0.25) is 0 Å². The molecule has 0 atom stereocenters. The maximum absolute atomic E-state index is 12.4. The van der Waals surface area contributed by atoms with Gasteiger partial charge in [-0.3, -0.25) is 9.59 Å². The molecule has 6 nitrogen and oxygen atoms in total. The second-order valence-electron chi connectivity index (χ2n) is 5.89. The second-order valence-corrected chi connectivity index (χ2v) is 9.12. The first-order valence-electron chi connectivity index (χ1n) is 8.48. The summed E-state index contributed by atoms with van der Waals surface area (Å²) in [5.74, 6) is -0.509. The molecule has 1 heterocycles. The fraction of sp³-hybridized carbons (Fsp3) is 0.100. The van der Waals surface area contributed by atoms with Crippen LogP contribution in [0.1, 0.15) is 27.0 Å².